The summed E-state index contributed by atoms with van der Waals surface area (Å²) in [7, 11) is -2.46. The molecule has 2 aromatic heterocycles. The number of hydrogen-bond donors (Lipinski definition) is 0. The van der Waals surface area contributed by atoms with Crippen LogP contribution in [-0.4, -0.2) is 8.07 Å². The van der Waals surface area contributed by atoms with Crippen molar-refractivity contribution in [3.05, 3.63) is 164 Å². The van der Waals surface area contributed by atoms with Gasteiger partial charge in [0.25, 0.3) is 0 Å². The van der Waals surface area contributed by atoms with Crippen molar-refractivity contribution in [1.29, 1.82) is 0 Å². The van der Waals surface area contributed by atoms with Gasteiger partial charge in [0.05, 0.1) is 0 Å². The number of furan rings is 2. The zero-order valence-corrected chi connectivity index (χ0v) is 30.1. The topological polar surface area (TPSA) is 29.5 Å². The quantitative estimate of drug-likeness (QED) is 0.173. The van der Waals surface area contributed by atoms with Gasteiger partial charge in [0.15, 0.2) is 0 Å². The van der Waals surface area contributed by atoms with Crippen LogP contribution in [0, 0.1) is 0 Å². The zero-order chi connectivity index (χ0) is 34.6. The summed E-state index contributed by atoms with van der Waals surface area (Å²) in [5.41, 5.74) is 12.0. The first-order valence-electron chi connectivity index (χ1n) is 18.2. The molecule has 3 heterocycles. The first-order chi connectivity index (χ1) is 25.5. The minimum absolute atomic E-state index is 0.881. The Morgan fingerprint density at radius 2 is 1.06 bits per heavy atom. The summed E-state index contributed by atoms with van der Waals surface area (Å²) in [5, 5.41) is 10.0. The van der Waals surface area contributed by atoms with Gasteiger partial charge < -0.3 is 0 Å². The van der Waals surface area contributed by atoms with E-state index in [-0.39, 0.29) is 0 Å². The van der Waals surface area contributed by atoms with E-state index in [1.165, 1.54) is 54.2 Å². The van der Waals surface area contributed by atoms with E-state index in [4.69, 9.17) is 8.83 Å². The third-order valence-corrected chi connectivity index (χ3v) is 15.6. The fourth-order valence-electron chi connectivity index (χ4n) is 8.96. The molecule has 0 bridgehead atoms. The van der Waals surface area contributed by atoms with Gasteiger partial charge >= 0.3 is 303 Å². The van der Waals surface area contributed by atoms with Gasteiger partial charge in [-0.1, -0.05) is 0 Å². The summed E-state index contributed by atoms with van der Waals surface area (Å²) in [6.07, 6.45) is 0. The Labute approximate surface area is 302 Å². The first kappa shape index (κ1) is 29.4. The van der Waals surface area contributed by atoms with Gasteiger partial charge in [-0.05, 0) is 0 Å². The summed E-state index contributed by atoms with van der Waals surface area (Å²) in [6.45, 7) is 5.00. The van der Waals surface area contributed by atoms with Gasteiger partial charge in [-0.2, -0.15) is 0 Å². The number of rotatable bonds is 4. The second-order valence-electron chi connectivity index (χ2n) is 14.8. The van der Waals surface area contributed by atoms with Gasteiger partial charge in [-0.15, -0.1) is 0 Å². The first-order valence-corrected chi connectivity index (χ1v) is 21.6. The van der Waals surface area contributed by atoms with Crippen LogP contribution in [0.25, 0.3) is 76.9 Å². The second-order valence-corrected chi connectivity index (χ2v) is 19.8. The van der Waals surface area contributed by atoms with E-state index in [0.717, 1.165) is 50.2 Å². The van der Waals surface area contributed by atoms with Crippen LogP contribution in [0.5, 0.6) is 0 Å². The average molecular weight is 685 g/mol. The number of benzene rings is 8. The SMILES string of the molecule is C[SiH-]1(C)c2cc(N(c3cccc(-c4cccc5ccccc45)c3)c3ccc4c(c3)oc3ccccc34)ccc2-c2c1ccc1c2oc2ccccc21. The standard InChI is InChI=1S/C48H34NO2Si/c1-52(2)45-26-25-40-38-17-6-8-20-43(38)51-48(40)47(45)41-24-22-34(29-46(41)52)49(33-21-23-39-37-16-5-7-19-42(37)50-44(39)28-33)32-14-9-13-31(27-32)36-18-10-12-30-11-3-4-15-35(30)36/h3-29,52H,1-2H3/q-1. The van der Waals surface area contributed by atoms with E-state index in [1.54, 1.807) is 0 Å². The Morgan fingerprint density at radius 3 is 1.92 bits per heavy atom. The maximum atomic E-state index is 6.62. The molecule has 1 aliphatic heterocycles. The van der Waals surface area contributed by atoms with Crippen LogP contribution in [0.2, 0.25) is 13.1 Å². The molecule has 0 aliphatic carbocycles. The fraction of sp³-hybridized carbons (Fsp3) is 0.0417. The van der Waals surface area contributed by atoms with Crippen molar-refractivity contribution in [1.82, 2.24) is 0 Å². The van der Waals surface area contributed by atoms with E-state index in [2.05, 4.69) is 170 Å². The monoisotopic (exact) mass is 684 g/mol. The van der Waals surface area contributed by atoms with Crippen LogP contribution >= 0.6 is 0 Å². The van der Waals surface area contributed by atoms with Crippen molar-refractivity contribution in [2.75, 3.05) is 4.90 Å². The van der Waals surface area contributed by atoms with E-state index in [0.29, 0.717) is 0 Å². The van der Waals surface area contributed by atoms with Gasteiger partial charge in [-0.3, -0.25) is 0 Å². The Bertz CT molecular complexity index is 3070. The molecule has 3 nitrogen and oxygen atoms in total. The predicted octanol–water partition coefficient (Wildman–Crippen LogP) is 12.3. The Hall–Kier alpha value is -6.36. The molecule has 0 amide bonds. The molecule has 11 rings (SSSR count). The van der Waals surface area contributed by atoms with Crippen molar-refractivity contribution in [3.8, 4) is 22.3 Å². The zero-order valence-electron chi connectivity index (χ0n) is 28.9. The van der Waals surface area contributed by atoms with Crippen LogP contribution in [0.1, 0.15) is 0 Å². The third kappa shape index (κ3) is 4.19. The number of para-hydroxylation sites is 2. The molecule has 248 valence electrons. The van der Waals surface area contributed by atoms with Crippen molar-refractivity contribution in [2.45, 2.75) is 13.1 Å². The number of nitrogens with zero attached hydrogens (tertiary/aromatic N) is 1. The maximum absolute atomic E-state index is 6.62. The molecule has 0 spiro atoms. The number of hydrogen-bond acceptors (Lipinski definition) is 3. The molecular weight excluding hydrogens is 651 g/mol. The van der Waals surface area contributed by atoms with Crippen LogP contribution in [-0.2, 0) is 0 Å². The number of anilines is 3. The molecule has 0 radical (unpaired) electrons. The molecular formula is C48H34NO2Si-. The van der Waals surface area contributed by atoms with Gasteiger partial charge in [0.2, 0.25) is 0 Å². The van der Waals surface area contributed by atoms with E-state index >= 15 is 0 Å². The van der Waals surface area contributed by atoms with Crippen molar-refractivity contribution < 1.29 is 8.83 Å². The molecule has 10 aromatic rings. The average Bonchev–Trinajstić information content (AvgIpc) is 3.82. The Kier molecular flexibility index (Phi) is 6.11. The molecule has 8 aromatic carbocycles. The van der Waals surface area contributed by atoms with E-state index in [1.807, 2.05) is 12.1 Å². The minimum atomic E-state index is -2.46. The van der Waals surface area contributed by atoms with Crippen LogP contribution in [0.3, 0.4) is 0 Å². The summed E-state index contributed by atoms with van der Waals surface area (Å²) in [5.74, 6) is 0. The normalized spacial score (nSPS) is 14.0. The third-order valence-electron chi connectivity index (χ3n) is 11.5. The molecule has 0 atom stereocenters. The molecule has 4 heteroatoms. The van der Waals surface area contributed by atoms with E-state index in [9.17, 15) is 0 Å². The molecule has 0 N–H and O–H groups in total. The predicted molar refractivity (Wildman–Crippen MR) is 222 cm³/mol. The summed E-state index contributed by atoms with van der Waals surface area (Å²) < 4.78 is 13.1. The molecule has 52 heavy (non-hydrogen) atoms. The summed E-state index contributed by atoms with van der Waals surface area (Å²) in [4.78, 5) is 2.40. The molecule has 0 fully saturated rings. The van der Waals surface area contributed by atoms with E-state index < -0.39 is 8.07 Å². The fourth-order valence-corrected chi connectivity index (χ4v) is 12.5. The molecule has 1 aliphatic rings. The van der Waals surface area contributed by atoms with Gasteiger partial charge in [-0.25, -0.2) is 0 Å². The Balaban J connectivity index is 1.13. The van der Waals surface area contributed by atoms with Crippen molar-refractivity contribution in [3.63, 3.8) is 0 Å². The molecule has 0 unspecified atom stereocenters. The molecule has 0 saturated heterocycles. The van der Waals surface area contributed by atoms with Crippen LogP contribution in [0.15, 0.2) is 173 Å². The van der Waals surface area contributed by atoms with Crippen molar-refractivity contribution in [2.24, 2.45) is 0 Å². The summed E-state index contributed by atoms with van der Waals surface area (Å²) in [6, 6.07) is 59.2. The second kappa shape index (κ2) is 10.8. The Morgan fingerprint density at radius 1 is 0.423 bits per heavy atom. The van der Waals surface area contributed by atoms with Gasteiger partial charge in [0.1, 0.15) is 0 Å². The van der Waals surface area contributed by atoms with Crippen LogP contribution < -0.4 is 15.3 Å². The van der Waals surface area contributed by atoms with Gasteiger partial charge in [0, 0.05) is 0 Å². The molecule has 0 saturated carbocycles. The summed E-state index contributed by atoms with van der Waals surface area (Å²) >= 11 is 0. The van der Waals surface area contributed by atoms with Crippen LogP contribution in [0.4, 0.5) is 17.1 Å². The van der Waals surface area contributed by atoms with Crippen molar-refractivity contribution >= 4 is 90.2 Å². The number of fused-ring (bicyclic) bond motifs is 11.